The third-order valence-electron chi connectivity index (χ3n) is 3.76. The first-order valence-electron chi connectivity index (χ1n) is 7.03. The summed E-state index contributed by atoms with van der Waals surface area (Å²) < 4.78 is 1.01. The van der Waals surface area contributed by atoms with Crippen molar-refractivity contribution in [3.8, 4) is 0 Å². The van der Waals surface area contributed by atoms with Crippen LogP contribution in [0.2, 0.25) is 5.02 Å². The van der Waals surface area contributed by atoms with Gasteiger partial charge in [-0.05, 0) is 47.9 Å². The van der Waals surface area contributed by atoms with Crippen LogP contribution in [0.5, 0.6) is 0 Å². The van der Waals surface area contributed by atoms with Crippen LogP contribution in [-0.2, 0) is 6.42 Å². The topological polar surface area (TPSA) is 29.3 Å². The second-order valence-corrected chi connectivity index (χ2v) is 6.37. The van der Waals surface area contributed by atoms with Crippen molar-refractivity contribution in [3.63, 3.8) is 0 Å². The van der Waals surface area contributed by atoms with Gasteiger partial charge in [-0.1, -0.05) is 46.6 Å². The molecular weight excluding hydrogens is 348 g/mol. The minimum atomic E-state index is 0.0440. The molecule has 21 heavy (non-hydrogen) atoms. The number of benzene rings is 2. The number of rotatable bonds is 5. The Kier molecular flexibility index (Phi) is 5.68. The van der Waals surface area contributed by atoms with Crippen molar-refractivity contribution in [2.24, 2.45) is 5.73 Å². The molecule has 2 nitrogen and oxygen atoms in total. The quantitative estimate of drug-likeness (QED) is 0.822. The average molecular weight is 368 g/mol. The molecule has 0 heterocycles. The van der Waals surface area contributed by atoms with Gasteiger partial charge in [-0.25, -0.2) is 0 Å². The van der Waals surface area contributed by atoms with Gasteiger partial charge in [0, 0.05) is 28.8 Å². The zero-order chi connectivity index (χ0) is 15.4. The van der Waals surface area contributed by atoms with Gasteiger partial charge in [0.15, 0.2) is 0 Å². The smallest absolute Gasteiger partial charge is 0.0676 e. The van der Waals surface area contributed by atoms with Gasteiger partial charge < -0.3 is 10.6 Å². The van der Waals surface area contributed by atoms with E-state index in [1.54, 1.807) is 0 Å². The Labute approximate surface area is 140 Å². The molecule has 1 unspecified atom stereocenters. The van der Waals surface area contributed by atoms with Crippen LogP contribution in [0.1, 0.15) is 24.1 Å². The normalized spacial score (nSPS) is 12.2. The van der Waals surface area contributed by atoms with Crippen LogP contribution in [0.15, 0.2) is 46.9 Å². The summed E-state index contributed by atoms with van der Waals surface area (Å²) in [7, 11) is 2.05. The zero-order valence-corrected chi connectivity index (χ0v) is 14.7. The average Bonchev–Trinajstić information content (AvgIpc) is 2.51. The summed E-state index contributed by atoms with van der Waals surface area (Å²) >= 11 is 9.85. The number of aryl methyl sites for hydroxylation is 1. The Morgan fingerprint density at radius 2 is 1.86 bits per heavy atom. The fraction of sp³-hybridized carbons (Fsp3) is 0.294. The van der Waals surface area contributed by atoms with Crippen LogP contribution >= 0.6 is 27.5 Å². The highest BCUT2D eigenvalue weighted by Gasteiger charge is 2.19. The van der Waals surface area contributed by atoms with E-state index in [9.17, 15) is 0 Å². The predicted molar refractivity (Wildman–Crippen MR) is 95.2 cm³/mol. The van der Waals surface area contributed by atoms with Crippen LogP contribution in [0, 0.1) is 0 Å². The molecule has 0 amide bonds. The summed E-state index contributed by atoms with van der Waals surface area (Å²) in [5.41, 5.74) is 9.51. The Hall–Kier alpha value is -1.03. The highest BCUT2D eigenvalue weighted by Crippen LogP contribution is 2.31. The summed E-state index contributed by atoms with van der Waals surface area (Å²) in [6.07, 6.45) is 1.04. The van der Waals surface area contributed by atoms with E-state index in [-0.39, 0.29) is 6.04 Å². The summed E-state index contributed by atoms with van der Waals surface area (Å²) in [5, 5.41) is 0.741. The van der Waals surface area contributed by atoms with Gasteiger partial charge in [-0.3, -0.25) is 0 Å². The second-order valence-electron chi connectivity index (χ2n) is 5.05. The number of hydrogen-bond acceptors (Lipinski definition) is 2. The van der Waals surface area contributed by atoms with Crippen LogP contribution in [-0.4, -0.2) is 13.6 Å². The second kappa shape index (κ2) is 7.30. The van der Waals surface area contributed by atoms with Crippen molar-refractivity contribution in [2.45, 2.75) is 19.4 Å². The first-order valence-corrected chi connectivity index (χ1v) is 8.20. The SMILES string of the molecule is CCc1ccc(N(C)C(CN)c2cc(Br)ccc2Cl)cc1. The molecule has 2 N–H and O–H groups in total. The number of likely N-dealkylation sites (N-methyl/N-ethyl adjacent to an activating group) is 1. The molecule has 112 valence electrons. The number of hydrogen-bond donors (Lipinski definition) is 1. The monoisotopic (exact) mass is 366 g/mol. The molecule has 0 radical (unpaired) electrons. The third-order valence-corrected chi connectivity index (χ3v) is 4.60. The Morgan fingerprint density at radius 3 is 2.43 bits per heavy atom. The van der Waals surface area contributed by atoms with Gasteiger partial charge in [0.2, 0.25) is 0 Å². The van der Waals surface area contributed by atoms with E-state index in [0.717, 1.165) is 27.2 Å². The minimum Gasteiger partial charge on any atom is -0.366 e. The summed E-state index contributed by atoms with van der Waals surface area (Å²) in [5.74, 6) is 0. The summed E-state index contributed by atoms with van der Waals surface area (Å²) in [4.78, 5) is 2.17. The maximum atomic E-state index is 6.35. The first-order chi connectivity index (χ1) is 10.1. The molecule has 0 saturated carbocycles. The third kappa shape index (κ3) is 3.79. The van der Waals surface area contributed by atoms with Gasteiger partial charge in [-0.2, -0.15) is 0 Å². The molecule has 0 aromatic heterocycles. The van der Waals surface area contributed by atoms with Gasteiger partial charge in [-0.15, -0.1) is 0 Å². The maximum Gasteiger partial charge on any atom is 0.0676 e. The standard InChI is InChI=1S/C17H20BrClN2/c1-3-12-4-7-14(8-5-12)21(2)17(11-20)15-10-13(18)6-9-16(15)19/h4-10,17H,3,11,20H2,1-2H3. The van der Waals surface area contributed by atoms with E-state index in [1.807, 2.05) is 18.2 Å². The number of halogens is 2. The fourth-order valence-corrected chi connectivity index (χ4v) is 3.03. The van der Waals surface area contributed by atoms with E-state index in [4.69, 9.17) is 17.3 Å². The summed E-state index contributed by atoms with van der Waals surface area (Å²) in [6, 6.07) is 14.5. The Bertz CT molecular complexity index is 598. The maximum absolute atomic E-state index is 6.35. The van der Waals surface area contributed by atoms with Gasteiger partial charge in [0.25, 0.3) is 0 Å². The van der Waals surface area contributed by atoms with Crippen molar-refractivity contribution >= 4 is 33.2 Å². The molecule has 4 heteroatoms. The van der Waals surface area contributed by atoms with Crippen LogP contribution in [0.4, 0.5) is 5.69 Å². The number of nitrogens with two attached hydrogens (primary N) is 1. The highest BCUT2D eigenvalue weighted by molar-refractivity contribution is 9.10. The number of anilines is 1. The molecule has 2 aromatic rings. The zero-order valence-electron chi connectivity index (χ0n) is 12.3. The van der Waals surface area contributed by atoms with E-state index in [2.05, 4.69) is 59.1 Å². The molecule has 2 rings (SSSR count). The molecule has 0 aliphatic carbocycles. The van der Waals surface area contributed by atoms with E-state index in [1.165, 1.54) is 5.56 Å². The van der Waals surface area contributed by atoms with Crippen LogP contribution in [0.25, 0.3) is 0 Å². The van der Waals surface area contributed by atoms with Crippen molar-refractivity contribution in [1.29, 1.82) is 0 Å². The van der Waals surface area contributed by atoms with E-state index < -0.39 is 0 Å². The Balaban J connectivity index is 2.33. The molecule has 0 aliphatic heterocycles. The molecular formula is C17H20BrClN2. The van der Waals surface area contributed by atoms with Crippen molar-refractivity contribution in [2.75, 3.05) is 18.5 Å². The lowest BCUT2D eigenvalue weighted by Crippen LogP contribution is -2.30. The lowest BCUT2D eigenvalue weighted by molar-refractivity contribution is 0.680. The molecule has 2 aromatic carbocycles. The van der Waals surface area contributed by atoms with Gasteiger partial charge >= 0.3 is 0 Å². The van der Waals surface area contributed by atoms with Crippen molar-refractivity contribution in [3.05, 3.63) is 63.1 Å². The molecule has 0 saturated heterocycles. The lowest BCUT2D eigenvalue weighted by Gasteiger charge is -2.30. The predicted octanol–water partition coefficient (Wildman–Crippen LogP) is 4.80. The van der Waals surface area contributed by atoms with E-state index >= 15 is 0 Å². The molecule has 0 bridgehead atoms. The van der Waals surface area contributed by atoms with Crippen molar-refractivity contribution in [1.82, 2.24) is 0 Å². The molecule has 0 spiro atoms. The molecule has 0 fully saturated rings. The van der Waals surface area contributed by atoms with E-state index in [0.29, 0.717) is 6.54 Å². The lowest BCUT2D eigenvalue weighted by atomic mass is 10.0. The number of nitrogens with zero attached hydrogens (tertiary/aromatic N) is 1. The van der Waals surface area contributed by atoms with Crippen LogP contribution < -0.4 is 10.6 Å². The molecule has 0 aliphatic rings. The molecule has 1 atom stereocenters. The largest absolute Gasteiger partial charge is 0.366 e. The Morgan fingerprint density at radius 1 is 1.19 bits per heavy atom. The van der Waals surface area contributed by atoms with Gasteiger partial charge in [0.05, 0.1) is 6.04 Å². The highest BCUT2D eigenvalue weighted by atomic mass is 79.9. The minimum absolute atomic E-state index is 0.0440. The van der Waals surface area contributed by atoms with Crippen molar-refractivity contribution < 1.29 is 0 Å². The van der Waals surface area contributed by atoms with Crippen LogP contribution in [0.3, 0.4) is 0 Å². The fourth-order valence-electron chi connectivity index (χ4n) is 2.41. The first kappa shape index (κ1) is 16.3. The van der Waals surface area contributed by atoms with Gasteiger partial charge in [0.1, 0.15) is 0 Å². The summed E-state index contributed by atoms with van der Waals surface area (Å²) in [6.45, 7) is 2.66.